The Labute approximate surface area is 156 Å². The molecule has 0 bridgehead atoms. The number of benzene rings is 1. The first-order chi connectivity index (χ1) is 12.8. The third-order valence-electron chi connectivity index (χ3n) is 4.43. The number of thioether (sulfide) groups is 1. The van der Waals surface area contributed by atoms with E-state index in [1.807, 2.05) is 6.07 Å². The molecule has 26 heavy (non-hydrogen) atoms. The summed E-state index contributed by atoms with van der Waals surface area (Å²) in [6.45, 7) is 5.69. The summed E-state index contributed by atoms with van der Waals surface area (Å²) in [5.41, 5.74) is 1.24. The van der Waals surface area contributed by atoms with Crippen LogP contribution in [0.3, 0.4) is 0 Å². The fourth-order valence-electron chi connectivity index (χ4n) is 3.13. The van der Waals surface area contributed by atoms with Crippen LogP contribution in [0, 0.1) is 6.92 Å². The van der Waals surface area contributed by atoms with Gasteiger partial charge >= 0.3 is 0 Å². The number of aromatic nitrogens is 5. The molecule has 0 unspecified atom stereocenters. The summed E-state index contributed by atoms with van der Waals surface area (Å²) in [5.74, 6) is 2.81. The van der Waals surface area contributed by atoms with Crippen LogP contribution in [-0.2, 0) is 18.8 Å². The Kier molecular flexibility index (Phi) is 5.31. The van der Waals surface area contributed by atoms with E-state index in [9.17, 15) is 0 Å². The van der Waals surface area contributed by atoms with Crippen molar-refractivity contribution in [3.63, 3.8) is 0 Å². The third-order valence-corrected chi connectivity index (χ3v) is 5.38. The van der Waals surface area contributed by atoms with E-state index in [-0.39, 0.29) is 0 Å². The molecule has 136 valence electrons. The molecule has 1 aromatic carbocycles. The molecule has 1 aliphatic rings. The fourth-order valence-corrected chi connectivity index (χ4v) is 3.92. The van der Waals surface area contributed by atoms with Crippen molar-refractivity contribution in [3.05, 3.63) is 53.5 Å². The van der Waals surface area contributed by atoms with Crippen LogP contribution in [0.2, 0.25) is 0 Å². The average molecular weight is 370 g/mol. The minimum atomic E-state index is 0.584. The zero-order chi connectivity index (χ0) is 17.8. The molecule has 3 aromatic rings. The van der Waals surface area contributed by atoms with E-state index in [2.05, 4.69) is 54.1 Å². The lowest BCUT2D eigenvalue weighted by atomic mass is 10.2. The molecule has 1 fully saturated rings. The smallest absolute Gasteiger partial charge is 0.226 e. The van der Waals surface area contributed by atoms with Crippen LogP contribution in [0.1, 0.15) is 36.0 Å². The van der Waals surface area contributed by atoms with Gasteiger partial charge in [0.25, 0.3) is 0 Å². The standard InChI is InChI=1S/C18H22N6OS/c1-14-19-21-17(25-14)13-26-18-22-20-16(12-23-9-5-6-10-23)24(18)11-15-7-3-2-4-8-15/h2-4,7-8H,5-6,9-13H2,1H3. The zero-order valence-electron chi connectivity index (χ0n) is 14.8. The number of nitrogens with zero attached hydrogens (tertiary/aromatic N) is 6. The Morgan fingerprint density at radius 2 is 1.81 bits per heavy atom. The van der Waals surface area contributed by atoms with Gasteiger partial charge in [0, 0.05) is 6.92 Å². The van der Waals surface area contributed by atoms with Crippen molar-refractivity contribution < 1.29 is 4.42 Å². The predicted octanol–water partition coefficient (Wildman–Crippen LogP) is 2.91. The van der Waals surface area contributed by atoms with Crippen LogP contribution in [0.15, 0.2) is 39.9 Å². The lowest BCUT2D eigenvalue weighted by Crippen LogP contribution is -2.21. The molecule has 1 aliphatic heterocycles. The molecule has 2 aromatic heterocycles. The summed E-state index contributed by atoms with van der Waals surface area (Å²) in [6.07, 6.45) is 2.54. The van der Waals surface area contributed by atoms with Crippen molar-refractivity contribution in [2.24, 2.45) is 0 Å². The highest BCUT2D eigenvalue weighted by molar-refractivity contribution is 7.98. The molecule has 7 nitrogen and oxygen atoms in total. The molecule has 0 radical (unpaired) electrons. The minimum Gasteiger partial charge on any atom is -0.425 e. The molecule has 0 N–H and O–H groups in total. The summed E-state index contributed by atoms with van der Waals surface area (Å²) in [6, 6.07) is 10.4. The molecule has 1 saturated heterocycles. The van der Waals surface area contributed by atoms with Gasteiger partial charge < -0.3 is 8.98 Å². The average Bonchev–Trinajstić information content (AvgIpc) is 3.38. The number of hydrogen-bond acceptors (Lipinski definition) is 7. The van der Waals surface area contributed by atoms with E-state index in [0.717, 1.165) is 37.2 Å². The van der Waals surface area contributed by atoms with Gasteiger partial charge in [-0.25, -0.2) is 0 Å². The third kappa shape index (κ3) is 4.13. The van der Waals surface area contributed by atoms with Crippen LogP contribution in [0.25, 0.3) is 0 Å². The first kappa shape index (κ1) is 17.2. The van der Waals surface area contributed by atoms with Gasteiger partial charge in [-0.05, 0) is 31.5 Å². The Bertz CT molecular complexity index is 841. The number of likely N-dealkylation sites (tertiary alicyclic amines) is 1. The molecular weight excluding hydrogens is 348 g/mol. The summed E-state index contributed by atoms with van der Waals surface area (Å²) in [4.78, 5) is 2.45. The molecule has 4 rings (SSSR count). The number of hydrogen-bond donors (Lipinski definition) is 0. The van der Waals surface area contributed by atoms with Crippen molar-refractivity contribution in [2.45, 2.75) is 43.8 Å². The largest absolute Gasteiger partial charge is 0.425 e. The van der Waals surface area contributed by atoms with Crippen molar-refractivity contribution in [1.82, 2.24) is 29.9 Å². The van der Waals surface area contributed by atoms with Crippen LogP contribution >= 0.6 is 11.8 Å². The Morgan fingerprint density at radius 3 is 2.54 bits per heavy atom. The Hall–Kier alpha value is -2.19. The zero-order valence-corrected chi connectivity index (χ0v) is 15.7. The van der Waals surface area contributed by atoms with Gasteiger partial charge in [-0.3, -0.25) is 4.90 Å². The first-order valence-electron chi connectivity index (χ1n) is 8.88. The van der Waals surface area contributed by atoms with Crippen molar-refractivity contribution >= 4 is 11.8 Å². The summed E-state index contributed by atoms with van der Waals surface area (Å²) >= 11 is 1.59. The lowest BCUT2D eigenvalue weighted by Gasteiger charge is -2.16. The van der Waals surface area contributed by atoms with Gasteiger partial charge in [0.15, 0.2) is 5.16 Å². The highest BCUT2D eigenvalue weighted by atomic mass is 32.2. The second-order valence-corrected chi connectivity index (χ2v) is 7.40. The molecular formula is C18H22N6OS. The van der Waals surface area contributed by atoms with Gasteiger partial charge in [-0.1, -0.05) is 42.1 Å². The van der Waals surface area contributed by atoms with Gasteiger partial charge in [0.1, 0.15) is 5.82 Å². The van der Waals surface area contributed by atoms with Gasteiger partial charge in [0.2, 0.25) is 11.8 Å². The Morgan fingerprint density at radius 1 is 1.00 bits per heavy atom. The maximum absolute atomic E-state index is 5.47. The molecule has 0 amide bonds. The van der Waals surface area contributed by atoms with Crippen LogP contribution < -0.4 is 0 Å². The molecule has 0 saturated carbocycles. The first-order valence-corrected chi connectivity index (χ1v) is 9.86. The lowest BCUT2D eigenvalue weighted by molar-refractivity contribution is 0.316. The van der Waals surface area contributed by atoms with Crippen molar-refractivity contribution in [2.75, 3.05) is 13.1 Å². The topological polar surface area (TPSA) is 72.9 Å². The van der Waals surface area contributed by atoms with Crippen LogP contribution in [0.5, 0.6) is 0 Å². The maximum Gasteiger partial charge on any atom is 0.226 e. The normalized spacial score (nSPS) is 15.0. The van der Waals surface area contributed by atoms with Crippen molar-refractivity contribution in [3.8, 4) is 0 Å². The van der Waals surface area contributed by atoms with Crippen LogP contribution in [-0.4, -0.2) is 43.0 Å². The summed E-state index contributed by atoms with van der Waals surface area (Å²) < 4.78 is 7.68. The monoisotopic (exact) mass is 370 g/mol. The summed E-state index contributed by atoms with van der Waals surface area (Å²) in [7, 11) is 0. The molecule has 0 aliphatic carbocycles. The summed E-state index contributed by atoms with van der Waals surface area (Å²) in [5, 5.41) is 17.7. The quantitative estimate of drug-likeness (QED) is 0.592. The second-order valence-electron chi connectivity index (χ2n) is 6.46. The molecule has 0 atom stereocenters. The Balaban J connectivity index is 1.54. The van der Waals surface area contributed by atoms with E-state index in [1.54, 1.807) is 18.7 Å². The predicted molar refractivity (Wildman–Crippen MR) is 98.7 cm³/mol. The van der Waals surface area contributed by atoms with Crippen molar-refractivity contribution in [1.29, 1.82) is 0 Å². The highest BCUT2D eigenvalue weighted by Gasteiger charge is 2.19. The van der Waals surface area contributed by atoms with Gasteiger partial charge in [-0.15, -0.1) is 20.4 Å². The highest BCUT2D eigenvalue weighted by Crippen LogP contribution is 2.23. The molecule has 0 spiro atoms. The van der Waals surface area contributed by atoms with E-state index in [1.165, 1.54) is 18.4 Å². The SMILES string of the molecule is Cc1nnc(CSc2nnc(CN3CCCC3)n2Cc2ccccc2)o1. The van der Waals surface area contributed by atoms with E-state index >= 15 is 0 Å². The number of rotatable bonds is 7. The molecule has 3 heterocycles. The maximum atomic E-state index is 5.47. The fraction of sp³-hybridized carbons (Fsp3) is 0.444. The van der Waals surface area contributed by atoms with E-state index < -0.39 is 0 Å². The molecule has 8 heteroatoms. The van der Waals surface area contributed by atoms with Gasteiger partial charge in [-0.2, -0.15) is 0 Å². The van der Waals surface area contributed by atoms with E-state index in [0.29, 0.717) is 17.5 Å². The minimum absolute atomic E-state index is 0.584. The van der Waals surface area contributed by atoms with Crippen LogP contribution in [0.4, 0.5) is 0 Å². The number of aryl methyl sites for hydroxylation is 1. The second kappa shape index (κ2) is 8.01. The van der Waals surface area contributed by atoms with E-state index in [4.69, 9.17) is 4.42 Å². The van der Waals surface area contributed by atoms with Gasteiger partial charge in [0.05, 0.1) is 18.8 Å².